The number of rotatable bonds is 2. The van der Waals surface area contributed by atoms with Crippen LogP contribution in [-0.2, 0) is 7.05 Å². The predicted molar refractivity (Wildman–Crippen MR) is 77.5 cm³/mol. The van der Waals surface area contributed by atoms with E-state index in [1.54, 1.807) is 0 Å². The second-order valence-corrected chi connectivity index (χ2v) is 5.19. The maximum absolute atomic E-state index is 5.29. The van der Waals surface area contributed by atoms with E-state index in [1.165, 1.54) is 0 Å². The smallest absolute Gasteiger partial charge is 0.195 e. The average molecular weight is 273 g/mol. The molecule has 98 valence electrons. The summed E-state index contributed by atoms with van der Waals surface area (Å²) in [5.41, 5.74) is 1.95. The van der Waals surface area contributed by atoms with Crippen molar-refractivity contribution in [2.24, 2.45) is 7.05 Å². The molecule has 0 aliphatic carbocycles. The molecule has 0 saturated heterocycles. The minimum Gasteiger partial charge on any atom is -0.296 e. The molecule has 0 fully saturated rings. The topological polar surface area (TPSA) is 51.4 Å². The first-order chi connectivity index (χ1) is 9.09. The van der Waals surface area contributed by atoms with Gasteiger partial charge in [0.2, 0.25) is 0 Å². The summed E-state index contributed by atoms with van der Waals surface area (Å²) in [6.45, 7) is 4.17. The second kappa shape index (κ2) is 4.31. The third kappa shape index (κ3) is 1.79. The van der Waals surface area contributed by atoms with Gasteiger partial charge >= 0.3 is 0 Å². The third-order valence-corrected chi connectivity index (χ3v) is 3.48. The van der Waals surface area contributed by atoms with E-state index in [1.807, 2.05) is 34.5 Å². The first-order valence-corrected chi connectivity index (χ1v) is 6.59. The normalized spacial score (nSPS) is 11.6. The van der Waals surface area contributed by atoms with Crippen LogP contribution in [0.1, 0.15) is 19.9 Å². The van der Waals surface area contributed by atoms with E-state index in [2.05, 4.69) is 35.2 Å². The summed E-state index contributed by atoms with van der Waals surface area (Å²) < 4.78 is 4.48. The van der Waals surface area contributed by atoms with Crippen molar-refractivity contribution in [3.05, 3.63) is 29.0 Å². The van der Waals surface area contributed by atoms with E-state index < -0.39 is 0 Å². The zero-order valence-corrected chi connectivity index (χ0v) is 11.9. The summed E-state index contributed by atoms with van der Waals surface area (Å²) in [6.07, 6.45) is 0. The zero-order valence-electron chi connectivity index (χ0n) is 11.1. The van der Waals surface area contributed by atoms with E-state index in [9.17, 15) is 0 Å². The summed E-state index contributed by atoms with van der Waals surface area (Å²) in [4.78, 5) is 0. The molecule has 0 unspecified atom stereocenters. The average Bonchev–Trinajstić information content (AvgIpc) is 2.91. The van der Waals surface area contributed by atoms with Gasteiger partial charge in [-0.2, -0.15) is 10.2 Å². The number of para-hydroxylation sites is 1. The molecule has 0 radical (unpaired) electrons. The van der Waals surface area contributed by atoms with Gasteiger partial charge in [0, 0.05) is 18.5 Å². The van der Waals surface area contributed by atoms with Gasteiger partial charge in [0.05, 0.1) is 5.52 Å². The molecule has 1 aromatic carbocycles. The van der Waals surface area contributed by atoms with E-state index in [0.29, 0.717) is 4.77 Å². The molecule has 0 aliphatic heterocycles. The number of hydrogen-bond acceptors (Lipinski definition) is 3. The van der Waals surface area contributed by atoms with Gasteiger partial charge in [-0.3, -0.25) is 14.3 Å². The second-order valence-electron chi connectivity index (χ2n) is 4.81. The highest BCUT2D eigenvalue weighted by atomic mass is 32.1. The van der Waals surface area contributed by atoms with Crippen LogP contribution in [0.15, 0.2) is 24.3 Å². The Labute approximate surface area is 115 Å². The van der Waals surface area contributed by atoms with Crippen LogP contribution in [0.2, 0.25) is 0 Å². The Bertz CT molecular complexity index is 793. The zero-order chi connectivity index (χ0) is 13.6. The van der Waals surface area contributed by atoms with Crippen LogP contribution >= 0.6 is 12.2 Å². The Morgan fingerprint density at radius 3 is 2.74 bits per heavy atom. The highest BCUT2D eigenvalue weighted by Crippen LogP contribution is 2.27. The van der Waals surface area contributed by atoms with Crippen molar-refractivity contribution in [1.29, 1.82) is 0 Å². The molecule has 6 heteroatoms. The first-order valence-electron chi connectivity index (χ1n) is 6.18. The fourth-order valence-electron chi connectivity index (χ4n) is 2.33. The molecule has 0 aliphatic rings. The summed E-state index contributed by atoms with van der Waals surface area (Å²) in [7, 11) is 1.94. The summed E-state index contributed by atoms with van der Waals surface area (Å²) in [6, 6.07) is 8.36. The van der Waals surface area contributed by atoms with Crippen LogP contribution in [0.3, 0.4) is 0 Å². The van der Waals surface area contributed by atoms with E-state index in [4.69, 9.17) is 12.2 Å². The summed E-state index contributed by atoms with van der Waals surface area (Å²) in [5.74, 6) is 0.789. The predicted octanol–water partition coefficient (Wildman–Crippen LogP) is 3.08. The van der Waals surface area contributed by atoms with Crippen LogP contribution in [-0.4, -0.2) is 24.5 Å². The van der Waals surface area contributed by atoms with Gasteiger partial charge < -0.3 is 0 Å². The number of nitrogens with one attached hydrogen (secondary N) is 1. The molecule has 0 bridgehead atoms. The van der Waals surface area contributed by atoms with Gasteiger partial charge in [-0.05, 0) is 32.1 Å². The number of H-pyrrole nitrogens is 1. The monoisotopic (exact) mass is 273 g/mol. The number of nitrogens with zero attached hydrogens (tertiary/aromatic N) is 4. The molecular formula is C13H15N5S. The molecule has 1 N–H and O–H groups in total. The van der Waals surface area contributed by atoms with Gasteiger partial charge in [0.25, 0.3) is 0 Å². The Morgan fingerprint density at radius 1 is 1.26 bits per heavy atom. The summed E-state index contributed by atoms with van der Waals surface area (Å²) in [5, 5.41) is 12.9. The fraction of sp³-hybridized carbons (Fsp3) is 0.308. The van der Waals surface area contributed by atoms with E-state index >= 15 is 0 Å². The molecule has 2 heterocycles. The lowest BCUT2D eigenvalue weighted by Crippen LogP contribution is -2.04. The van der Waals surface area contributed by atoms with Gasteiger partial charge in [0.1, 0.15) is 5.69 Å². The number of aryl methyl sites for hydroxylation is 1. The molecule has 5 nitrogen and oxygen atoms in total. The molecule has 2 aromatic heterocycles. The quantitative estimate of drug-likeness (QED) is 0.730. The maximum atomic E-state index is 5.29. The maximum Gasteiger partial charge on any atom is 0.195 e. The highest BCUT2D eigenvalue weighted by Gasteiger charge is 2.17. The number of benzene rings is 1. The van der Waals surface area contributed by atoms with Gasteiger partial charge in [0.15, 0.2) is 10.6 Å². The molecule has 3 aromatic rings. The van der Waals surface area contributed by atoms with Gasteiger partial charge in [-0.25, -0.2) is 0 Å². The van der Waals surface area contributed by atoms with Crippen molar-refractivity contribution >= 4 is 23.1 Å². The van der Waals surface area contributed by atoms with E-state index in [-0.39, 0.29) is 6.04 Å². The summed E-state index contributed by atoms with van der Waals surface area (Å²) >= 11 is 5.29. The van der Waals surface area contributed by atoms with Crippen molar-refractivity contribution in [2.75, 3.05) is 0 Å². The Morgan fingerprint density at radius 2 is 2.00 bits per heavy atom. The van der Waals surface area contributed by atoms with Crippen LogP contribution < -0.4 is 0 Å². The number of aromatic nitrogens is 5. The van der Waals surface area contributed by atoms with Crippen molar-refractivity contribution in [1.82, 2.24) is 24.5 Å². The lowest BCUT2D eigenvalue weighted by atomic mass is 10.2. The number of hydrogen-bond donors (Lipinski definition) is 1. The van der Waals surface area contributed by atoms with Crippen LogP contribution in [0.4, 0.5) is 0 Å². The van der Waals surface area contributed by atoms with Crippen molar-refractivity contribution < 1.29 is 0 Å². The minimum absolute atomic E-state index is 0.238. The van der Waals surface area contributed by atoms with Crippen molar-refractivity contribution in [2.45, 2.75) is 19.9 Å². The van der Waals surface area contributed by atoms with E-state index in [0.717, 1.165) is 22.4 Å². The molecular weight excluding hydrogens is 258 g/mol. The van der Waals surface area contributed by atoms with Crippen molar-refractivity contribution in [3.8, 4) is 11.5 Å². The highest BCUT2D eigenvalue weighted by molar-refractivity contribution is 7.71. The van der Waals surface area contributed by atoms with Gasteiger partial charge in [-0.1, -0.05) is 18.2 Å². The van der Waals surface area contributed by atoms with Crippen LogP contribution in [0, 0.1) is 4.77 Å². The largest absolute Gasteiger partial charge is 0.296 e. The number of fused-ring (bicyclic) bond motifs is 1. The molecule has 0 saturated carbocycles. The van der Waals surface area contributed by atoms with Crippen molar-refractivity contribution in [3.63, 3.8) is 0 Å². The fourth-order valence-corrected chi connectivity index (χ4v) is 2.67. The molecule has 0 atom stereocenters. The Kier molecular flexibility index (Phi) is 2.74. The standard InChI is InChI=1S/C13H15N5S/c1-8(2)18-12(14-15-13(18)19)11-9-6-4-5-7-10(9)17(3)16-11/h4-8H,1-3H3,(H,15,19). The van der Waals surface area contributed by atoms with Gasteiger partial charge in [-0.15, -0.1) is 0 Å². The van der Waals surface area contributed by atoms with Crippen LogP contribution in [0.25, 0.3) is 22.4 Å². The number of aromatic amines is 1. The molecule has 19 heavy (non-hydrogen) atoms. The molecule has 0 amide bonds. The first kappa shape index (κ1) is 12.1. The van der Waals surface area contributed by atoms with Crippen LogP contribution in [0.5, 0.6) is 0 Å². The Balaban J connectivity index is 2.34. The lowest BCUT2D eigenvalue weighted by molar-refractivity contribution is 0.595. The third-order valence-electron chi connectivity index (χ3n) is 3.19. The molecule has 3 rings (SSSR count). The molecule has 0 spiro atoms. The minimum atomic E-state index is 0.238. The Hall–Kier alpha value is -1.95. The SMILES string of the molecule is CC(C)n1c(-c2nn(C)c3ccccc23)n[nH]c1=S. The lowest BCUT2D eigenvalue weighted by Gasteiger charge is -2.08.